The van der Waals surface area contributed by atoms with E-state index in [4.69, 9.17) is 9.47 Å². The molecule has 0 radical (unpaired) electrons. The smallest absolute Gasteiger partial charge is 0.260 e. The molecule has 6 heteroatoms. The van der Waals surface area contributed by atoms with E-state index in [-0.39, 0.29) is 25.0 Å². The van der Waals surface area contributed by atoms with Crippen molar-refractivity contribution in [3.05, 3.63) is 58.1 Å². The lowest BCUT2D eigenvalue weighted by atomic mass is 10.1. The van der Waals surface area contributed by atoms with Gasteiger partial charge in [0.2, 0.25) is 0 Å². The van der Waals surface area contributed by atoms with Crippen molar-refractivity contribution in [1.82, 2.24) is 9.80 Å². The third-order valence-corrected chi connectivity index (χ3v) is 6.10. The second-order valence-corrected chi connectivity index (χ2v) is 8.19. The molecule has 3 rings (SSSR count). The third kappa shape index (κ3) is 5.37. The molecule has 2 amide bonds. The van der Waals surface area contributed by atoms with Gasteiger partial charge in [0, 0.05) is 26.2 Å². The van der Waals surface area contributed by atoms with Crippen LogP contribution in [0.5, 0.6) is 11.5 Å². The van der Waals surface area contributed by atoms with Crippen LogP contribution in [0.15, 0.2) is 30.3 Å². The van der Waals surface area contributed by atoms with Crippen LogP contribution in [0.1, 0.15) is 27.8 Å². The zero-order valence-corrected chi connectivity index (χ0v) is 19.2. The highest BCUT2D eigenvalue weighted by Crippen LogP contribution is 2.25. The quantitative estimate of drug-likeness (QED) is 0.714. The summed E-state index contributed by atoms with van der Waals surface area (Å²) >= 11 is 0. The molecule has 0 saturated carbocycles. The van der Waals surface area contributed by atoms with Crippen LogP contribution in [0.2, 0.25) is 0 Å². The summed E-state index contributed by atoms with van der Waals surface area (Å²) in [4.78, 5) is 28.7. The van der Waals surface area contributed by atoms with Gasteiger partial charge >= 0.3 is 0 Å². The average Bonchev–Trinajstić information content (AvgIpc) is 2.77. The van der Waals surface area contributed by atoms with E-state index in [1.165, 1.54) is 0 Å². The molecule has 0 N–H and O–H groups in total. The Kier molecular flexibility index (Phi) is 7.21. The maximum absolute atomic E-state index is 12.6. The lowest BCUT2D eigenvalue weighted by Gasteiger charge is -2.34. The fourth-order valence-corrected chi connectivity index (χ4v) is 3.69. The highest BCUT2D eigenvalue weighted by molar-refractivity contribution is 5.80. The second kappa shape index (κ2) is 9.86. The van der Waals surface area contributed by atoms with Gasteiger partial charge in [0.25, 0.3) is 11.8 Å². The van der Waals surface area contributed by atoms with Gasteiger partial charge in [-0.25, -0.2) is 0 Å². The van der Waals surface area contributed by atoms with E-state index in [1.807, 2.05) is 58.9 Å². The Morgan fingerprint density at radius 2 is 1.23 bits per heavy atom. The van der Waals surface area contributed by atoms with Gasteiger partial charge in [-0.1, -0.05) is 24.3 Å². The molecule has 0 spiro atoms. The van der Waals surface area contributed by atoms with Gasteiger partial charge < -0.3 is 19.3 Å². The molecule has 1 fully saturated rings. The molecule has 0 atom stereocenters. The van der Waals surface area contributed by atoms with Gasteiger partial charge in [0.1, 0.15) is 11.5 Å². The number of amides is 2. The SMILES string of the molecule is Cc1cccc(OCC(=O)N2CCN(C(=O)COc3c(C)ccc(C)c3C)CC2)c1C. The Bertz CT molecular complexity index is 962. The summed E-state index contributed by atoms with van der Waals surface area (Å²) < 4.78 is 11.6. The number of rotatable bonds is 6. The van der Waals surface area contributed by atoms with Crippen molar-refractivity contribution in [2.45, 2.75) is 34.6 Å². The van der Waals surface area contributed by atoms with Gasteiger partial charge in [-0.2, -0.15) is 0 Å². The summed E-state index contributed by atoms with van der Waals surface area (Å²) in [6.45, 7) is 12.1. The topological polar surface area (TPSA) is 59.1 Å². The van der Waals surface area contributed by atoms with Crippen molar-refractivity contribution < 1.29 is 19.1 Å². The fraction of sp³-hybridized carbons (Fsp3) is 0.440. The molecule has 2 aromatic carbocycles. The number of benzene rings is 2. The van der Waals surface area contributed by atoms with Crippen LogP contribution in [-0.4, -0.2) is 61.0 Å². The van der Waals surface area contributed by atoms with Gasteiger partial charge in [0.15, 0.2) is 13.2 Å². The van der Waals surface area contributed by atoms with Gasteiger partial charge in [0.05, 0.1) is 0 Å². The Morgan fingerprint density at radius 3 is 1.84 bits per heavy atom. The summed E-state index contributed by atoms with van der Waals surface area (Å²) in [5, 5.41) is 0. The average molecular weight is 425 g/mol. The monoisotopic (exact) mass is 424 g/mol. The molecule has 2 aromatic rings. The highest BCUT2D eigenvalue weighted by atomic mass is 16.5. The lowest BCUT2D eigenvalue weighted by Crippen LogP contribution is -2.52. The fourth-order valence-electron chi connectivity index (χ4n) is 3.69. The minimum Gasteiger partial charge on any atom is -0.483 e. The number of aryl methyl sites for hydroxylation is 3. The summed E-state index contributed by atoms with van der Waals surface area (Å²) in [6.07, 6.45) is 0. The number of hydrogen-bond donors (Lipinski definition) is 0. The minimum atomic E-state index is -0.0599. The van der Waals surface area contributed by atoms with Crippen molar-refractivity contribution in [3.8, 4) is 11.5 Å². The maximum atomic E-state index is 12.6. The first-order valence-electron chi connectivity index (χ1n) is 10.7. The Labute approximate surface area is 184 Å². The normalized spacial score (nSPS) is 13.8. The largest absolute Gasteiger partial charge is 0.483 e. The predicted octanol–water partition coefficient (Wildman–Crippen LogP) is 3.36. The van der Waals surface area contributed by atoms with E-state index in [0.29, 0.717) is 26.2 Å². The molecule has 166 valence electrons. The molecular formula is C25H32N2O4. The van der Waals surface area contributed by atoms with E-state index < -0.39 is 0 Å². The number of ether oxygens (including phenoxy) is 2. The van der Waals surface area contributed by atoms with E-state index in [9.17, 15) is 9.59 Å². The number of carbonyl (C=O) groups is 2. The van der Waals surface area contributed by atoms with Gasteiger partial charge in [-0.3, -0.25) is 9.59 Å². The number of carbonyl (C=O) groups excluding carboxylic acids is 2. The van der Waals surface area contributed by atoms with Crippen LogP contribution < -0.4 is 9.47 Å². The minimum absolute atomic E-state index is 0.00721. The van der Waals surface area contributed by atoms with E-state index >= 15 is 0 Å². The molecule has 1 aliphatic heterocycles. The molecular weight excluding hydrogens is 392 g/mol. The van der Waals surface area contributed by atoms with E-state index in [1.54, 1.807) is 9.80 Å². The van der Waals surface area contributed by atoms with Crippen molar-refractivity contribution in [2.75, 3.05) is 39.4 Å². The molecule has 0 unspecified atom stereocenters. The third-order valence-electron chi connectivity index (χ3n) is 6.10. The zero-order valence-electron chi connectivity index (χ0n) is 19.2. The first kappa shape index (κ1) is 22.7. The Morgan fingerprint density at radius 1 is 0.710 bits per heavy atom. The number of piperazine rings is 1. The first-order chi connectivity index (χ1) is 14.8. The van der Waals surface area contributed by atoms with Crippen molar-refractivity contribution in [2.24, 2.45) is 0 Å². The molecule has 0 aliphatic carbocycles. The number of nitrogens with zero attached hydrogens (tertiary/aromatic N) is 2. The highest BCUT2D eigenvalue weighted by Gasteiger charge is 2.25. The summed E-state index contributed by atoms with van der Waals surface area (Å²) in [5.41, 5.74) is 5.41. The standard InChI is InChI=1S/C25H32N2O4/c1-17-7-6-8-22(20(17)4)30-15-23(28)26-11-13-27(14-12-26)24(29)16-31-25-19(3)10-9-18(2)21(25)5/h6-10H,11-16H2,1-5H3. The molecule has 0 bridgehead atoms. The van der Waals surface area contributed by atoms with E-state index in [2.05, 4.69) is 6.07 Å². The number of hydrogen-bond acceptors (Lipinski definition) is 4. The molecule has 1 heterocycles. The van der Waals surface area contributed by atoms with Crippen molar-refractivity contribution in [3.63, 3.8) is 0 Å². The molecule has 6 nitrogen and oxygen atoms in total. The predicted molar refractivity (Wildman–Crippen MR) is 121 cm³/mol. The molecule has 0 aromatic heterocycles. The van der Waals surface area contributed by atoms with Crippen LogP contribution in [-0.2, 0) is 9.59 Å². The van der Waals surface area contributed by atoms with E-state index in [0.717, 1.165) is 39.3 Å². The first-order valence-corrected chi connectivity index (χ1v) is 10.7. The Hall–Kier alpha value is -3.02. The van der Waals surface area contributed by atoms with Crippen LogP contribution in [0.4, 0.5) is 0 Å². The van der Waals surface area contributed by atoms with Crippen LogP contribution in [0, 0.1) is 34.6 Å². The summed E-state index contributed by atoms with van der Waals surface area (Å²) in [5.74, 6) is 1.40. The van der Waals surface area contributed by atoms with Crippen LogP contribution >= 0.6 is 0 Å². The summed E-state index contributed by atoms with van der Waals surface area (Å²) in [6, 6.07) is 9.89. The van der Waals surface area contributed by atoms with Gasteiger partial charge in [-0.15, -0.1) is 0 Å². The maximum Gasteiger partial charge on any atom is 0.260 e. The second-order valence-electron chi connectivity index (χ2n) is 8.19. The molecule has 31 heavy (non-hydrogen) atoms. The molecule has 1 saturated heterocycles. The van der Waals surface area contributed by atoms with Crippen LogP contribution in [0.3, 0.4) is 0 Å². The lowest BCUT2D eigenvalue weighted by molar-refractivity contribution is -0.141. The zero-order chi connectivity index (χ0) is 22.5. The van der Waals surface area contributed by atoms with Crippen LogP contribution in [0.25, 0.3) is 0 Å². The molecule has 1 aliphatic rings. The Balaban J connectivity index is 1.46. The van der Waals surface area contributed by atoms with Crippen molar-refractivity contribution >= 4 is 11.8 Å². The summed E-state index contributed by atoms with van der Waals surface area (Å²) in [7, 11) is 0. The van der Waals surface area contributed by atoms with Crippen molar-refractivity contribution in [1.29, 1.82) is 0 Å². The van der Waals surface area contributed by atoms with Gasteiger partial charge in [-0.05, 0) is 68.5 Å².